The summed E-state index contributed by atoms with van der Waals surface area (Å²) in [7, 11) is 0.263. The van der Waals surface area contributed by atoms with Gasteiger partial charge in [-0.3, -0.25) is 4.68 Å². The van der Waals surface area contributed by atoms with Crippen LogP contribution in [0.4, 0.5) is 0 Å². The van der Waals surface area contributed by atoms with E-state index in [0.717, 1.165) is 0 Å². The smallest absolute Gasteiger partial charge is 0.246 e. The minimum atomic E-state index is -3.56. The van der Waals surface area contributed by atoms with Crippen LogP contribution >= 0.6 is 0 Å². The van der Waals surface area contributed by atoms with Crippen molar-refractivity contribution in [1.29, 1.82) is 0 Å². The Morgan fingerprint density at radius 1 is 1.36 bits per heavy atom. The van der Waals surface area contributed by atoms with Crippen molar-refractivity contribution in [2.24, 2.45) is 0 Å². The number of aliphatic hydroxyl groups is 1. The van der Waals surface area contributed by atoms with Crippen LogP contribution in [-0.2, 0) is 16.6 Å². The first kappa shape index (κ1) is 17.4. The van der Waals surface area contributed by atoms with Gasteiger partial charge in [-0.2, -0.15) is 9.40 Å². The monoisotopic (exact) mass is 330 g/mol. The van der Waals surface area contributed by atoms with Crippen molar-refractivity contribution in [1.82, 2.24) is 19.0 Å². The number of aliphatic hydroxyl groups excluding tert-OH is 1. The Bertz CT molecular complexity index is 612. The number of aryl methyl sites for hydroxylation is 1. The molecule has 1 aliphatic heterocycles. The Morgan fingerprint density at radius 3 is 2.55 bits per heavy atom. The molecule has 126 valence electrons. The van der Waals surface area contributed by atoms with Gasteiger partial charge in [0.15, 0.2) is 0 Å². The van der Waals surface area contributed by atoms with Crippen LogP contribution in [0.1, 0.15) is 25.5 Å². The van der Waals surface area contributed by atoms with Gasteiger partial charge in [0.2, 0.25) is 10.0 Å². The lowest BCUT2D eigenvalue weighted by molar-refractivity contribution is 0.0739. The maximum absolute atomic E-state index is 12.9. The van der Waals surface area contributed by atoms with E-state index >= 15 is 0 Å². The molecule has 0 saturated carbocycles. The van der Waals surface area contributed by atoms with Crippen LogP contribution < -0.4 is 0 Å². The summed E-state index contributed by atoms with van der Waals surface area (Å²) >= 11 is 0. The molecule has 0 amide bonds. The molecule has 1 aromatic rings. The molecule has 1 saturated heterocycles. The van der Waals surface area contributed by atoms with Gasteiger partial charge in [-0.25, -0.2) is 8.42 Å². The van der Waals surface area contributed by atoms with Crippen LogP contribution in [0.5, 0.6) is 0 Å². The van der Waals surface area contributed by atoms with Gasteiger partial charge in [-0.15, -0.1) is 0 Å². The molecule has 1 aliphatic rings. The van der Waals surface area contributed by atoms with E-state index in [2.05, 4.69) is 5.10 Å². The van der Waals surface area contributed by atoms with Gasteiger partial charge in [0.25, 0.3) is 0 Å². The predicted molar refractivity (Wildman–Crippen MR) is 84.1 cm³/mol. The first-order chi connectivity index (χ1) is 10.3. The third-order valence-corrected chi connectivity index (χ3v) is 6.43. The second-order valence-electron chi connectivity index (χ2n) is 5.99. The lowest BCUT2D eigenvalue weighted by Crippen LogP contribution is -2.38. The number of hydrogen-bond donors (Lipinski definition) is 1. The van der Waals surface area contributed by atoms with Crippen molar-refractivity contribution in [3.63, 3.8) is 0 Å². The summed E-state index contributed by atoms with van der Waals surface area (Å²) in [6.45, 7) is 5.10. The van der Waals surface area contributed by atoms with E-state index < -0.39 is 16.1 Å². The largest absolute Gasteiger partial charge is 0.391 e. The minimum Gasteiger partial charge on any atom is -0.391 e. The molecular weight excluding hydrogens is 304 g/mol. The third kappa shape index (κ3) is 3.19. The van der Waals surface area contributed by atoms with E-state index in [4.69, 9.17) is 0 Å². The molecule has 22 heavy (non-hydrogen) atoms. The molecule has 2 atom stereocenters. The molecule has 2 rings (SSSR count). The fourth-order valence-electron chi connectivity index (χ4n) is 3.03. The van der Waals surface area contributed by atoms with Crippen molar-refractivity contribution in [3.05, 3.63) is 11.9 Å². The zero-order chi connectivity index (χ0) is 16.5. The van der Waals surface area contributed by atoms with Crippen LogP contribution in [0.25, 0.3) is 0 Å². The molecule has 2 heterocycles. The Hall–Kier alpha value is -0.960. The van der Waals surface area contributed by atoms with E-state index in [9.17, 15) is 13.5 Å². The quantitative estimate of drug-likeness (QED) is 0.858. The molecule has 0 aromatic carbocycles. The van der Waals surface area contributed by atoms with Gasteiger partial charge < -0.3 is 10.0 Å². The van der Waals surface area contributed by atoms with Gasteiger partial charge in [0.05, 0.1) is 18.0 Å². The Kier molecular flexibility index (Phi) is 5.26. The highest BCUT2D eigenvalue weighted by molar-refractivity contribution is 7.89. The van der Waals surface area contributed by atoms with E-state index in [-0.39, 0.29) is 10.9 Å². The molecule has 8 heteroatoms. The van der Waals surface area contributed by atoms with E-state index in [1.54, 1.807) is 11.6 Å². The normalized spacial score (nSPS) is 24.6. The molecular formula is C14H26N4O3S. The maximum atomic E-state index is 12.9. The van der Waals surface area contributed by atoms with Gasteiger partial charge in [0, 0.05) is 25.7 Å². The molecule has 1 aromatic heterocycles. The van der Waals surface area contributed by atoms with E-state index in [1.165, 1.54) is 10.5 Å². The molecule has 1 fully saturated rings. The number of sulfonamides is 1. The predicted octanol–water partition coefficient (Wildman–Crippen LogP) is 0.287. The Balaban J connectivity index is 2.24. The summed E-state index contributed by atoms with van der Waals surface area (Å²) in [5, 5.41) is 14.3. The van der Waals surface area contributed by atoms with E-state index in [1.807, 2.05) is 25.9 Å². The fourth-order valence-corrected chi connectivity index (χ4v) is 4.66. The van der Waals surface area contributed by atoms with Gasteiger partial charge >= 0.3 is 0 Å². The van der Waals surface area contributed by atoms with Crippen LogP contribution in [0, 0.1) is 6.92 Å². The van der Waals surface area contributed by atoms with Gasteiger partial charge in [-0.05, 0) is 40.8 Å². The number of rotatable bonds is 4. The van der Waals surface area contributed by atoms with Gasteiger partial charge in [0.1, 0.15) is 4.90 Å². The molecule has 0 radical (unpaired) electrons. The van der Waals surface area contributed by atoms with Crippen LogP contribution in [0.2, 0.25) is 0 Å². The Morgan fingerprint density at radius 2 is 2.00 bits per heavy atom. The molecule has 1 N–H and O–H groups in total. The lowest BCUT2D eigenvalue weighted by Gasteiger charge is -2.26. The molecule has 0 bridgehead atoms. The lowest BCUT2D eigenvalue weighted by atomic mass is 10.1. The first-order valence-electron chi connectivity index (χ1n) is 7.66. The summed E-state index contributed by atoms with van der Waals surface area (Å²) in [5.74, 6) is 0. The standard InChI is InChI=1S/C14H26N4O3S/c1-5-18-11(2)14(10-15-18)22(20,21)17-8-6-12(16(3)4)13(19)7-9-17/h10,12-13,19H,5-9H2,1-4H3/t12-,13-/m0/s1. The van der Waals surface area contributed by atoms with Crippen LogP contribution in [0.15, 0.2) is 11.1 Å². The zero-order valence-electron chi connectivity index (χ0n) is 13.7. The highest BCUT2D eigenvalue weighted by atomic mass is 32.2. The summed E-state index contributed by atoms with van der Waals surface area (Å²) < 4.78 is 28.9. The summed E-state index contributed by atoms with van der Waals surface area (Å²) in [6, 6.07) is -0.0142. The minimum absolute atomic E-state index is 0.0142. The maximum Gasteiger partial charge on any atom is 0.246 e. The summed E-state index contributed by atoms with van der Waals surface area (Å²) in [6.07, 6.45) is 1.99. The van der Waals surface area contributed by atoms with Crippen molar-refractivity contribution < 1.29 is 13.5 Å². The van der Waals surface area contributed by atoms with E-state index in [0.29, 0.717) is 38.2 Å². The Labute approximate surface area is 132 Å². The molecule has 7 nitrogen and oxygen atoms in total. The third-order valence-electron chi connectivity index (χ3n) is 4.43. The fraction of sp³-hybridized carbons (Fsp3) is 0.786. The highest BCUT2D eigenvalue weighted by Gasteiger charge is 2.33. The summed E-state index contributed by atoms with van der Waals surface area (Å²) in [4.78, 5) is 2.23. The number of nitrogens with zero attached hydrogens (tertiary/aromatic N) is 4. The average Bonchev–Trinajstić information content (AvgIpc) is 2.70. The summed E-state index contributed by atoms with van der Waals surface area (Å²) in [5.41, 5.74) is 0.663. The highest BCUT2D eigenvalue weighted by Crippen LogP contribution is 2.24. The second kappa shape index (κ2) is 6.66. The zero-order valence-corrected chi connectivity index (χ0v) is 14.5. The molecule has 0 spiro atoms. The number of likely N-dealkylation sites (N-methyl/N-ethyl adjacent to an activating group) is 1. The average molecular weight is 330 g/mol. The topological polar surface area (TPSA) is 78.7 Å². The second-order valence-corrected chi connectivity index (χ2v) is 7.90. The van der Waals surface area contributed by atoms with Crippen LogP contribution in [-0.4, -0.2) is 71.8 Å². The first-order valence-corrected chi connectivity index (χ1v) is 9.10. The number of aromatic nitrogens is 2. The van der Waals surface area contributed by atoms with Crippen molar-refractivity contribution >= 4 is 10.0 Å². The molecule has 0 unspecified atom stereocenters. The van der Waals surface area contributed by atoms with Gasteiger partial charge in [-0.1, -0.05) is 0 Å². The van der Waals surface area contributed by atoms with Crippen LogP contribution in [0.3, 0.4) is 0 Å². The van der Waals surface area contributed by atoms with Crippen molar-refractivity contribution in [2.75, 3.05) is 27.2 Å². The van der Waals surface area contributed by atoms with Crippen molar-refractivity contribution in [2.45, 2.75) is 50.3 Å². The SMILES string of the molecule is CCn1ncc(S(=O)(=O)N2CC[C@H](O)[C@@H](N(C)C)CC2)c1C. The van der Waals surface area contributed by atoms with Crippen molar-refractivity contribution in [3.8, 4) is 0 Å². The number of hydrogen-bond acceptors (Lipinski definition) is 5. The molecule has 0 aliphatic carbocycles.